The van der Waals surface area contributed by atoms with Gasteiger partial charge in [-0.15, -0.1) is 10.2 Å². The van der Waals surface area contributed by atoms with Crippen molar-refractivity contribution in [3.8, 4) is 0 Å². The summed E-state index contributed by atoms with van der Waals surface area (Å²) in [6.07, 6.45) is 6.89. The lowest BCUT2D eigenvalue weighted by molar-refractivity contribution is -0.117. The number of hydrogen-bond acceptors (Lipinski definition) is 7. The Morgan fingerprint density at radius 1 is 1.27 bits per heavy atom. The maximum Gasteiger partial charge on any atom is 0.267 e. The minimum Gasteiger partial charge on any atom is -0.299 e. The van der Waals surface area contributed by atoms with Crippen LogP contribution in [0.4, 0.5) is 5.13 Å². The number of aryl methyl sites for hydroxylation is 1. The van der Waals surface area contributed by atoms with E-state index < -0.39 is 0 Å². The van der Waals surface area contributed by atoms with Crippen molar-refractivity contribution in [2.24, 2.45) is 0 Å². The van der Waals surface area contributed by atoms with Crippen LogP contribution in [0.15, 0.2) is 10.9 Å². The minimum absolute atomic E-state index is 0.0996. The SMILES string of the molecule is O=C(Cn1nc2c(cc1=O)CSCC2)Nc1nnc(C2CCCCC2)s1. The number of nitrogens with one attached hydrogen (secondary N) is 1. The number of rotatable bonds is 4. The third-order valence-electron chi connectivity index (χ3n) is 4.84. The van der Waals surface area contributed by atoms with Gasteiger partial charge in [0.2, 0.25) is 11.0 Å². The topological polar surface area (TPSA) is 89.8 Å². The lowest BCUT2D eigenvalue weighted by Crippen LogP contribution is -2.31. The summed E-state index contributed by atoms with van der Waals surface area (Å²) >= 11 is 3.24. The second kappa shape index (κ2) is 7.87. The fourth-order valence-electron chi connectivity index (χ4n) is 3.46. The Balaban J connectivity index is 1.41. The van der Waals surface area contributed by atoms with E-state index in [-0.39, 0.29) is 18.0 Å². The largest absolute Gasteiger partial charge is 0.299 e. The van der Waals surface area contributed by atoms with E-state index in [0.717, 1.165) is 47.0 Å². The monoisotopic (exact) mass is 391 g/mol. The van der Waals surface area contributed by atoms with Gasteiger partial charge in [-0.05, 0) is 24.2 Å². The summed E-state index contributed by atoms with van der Waals surface area (Å²) in [6, 6.07) is 1.61. The summed E-state index contributed by atoms with van der Waals surface area (Å²) in [5.41, 5.74) is 1.68. The molecule has 1 fully saturated rings. The van der Waals surface area contributed by atoms with Gasteiger partial charge in [0.15, 0.2) is 0 Å². The Hall–Kier alpha value is -1.74. The van der Waals surface area contributed by atoms with Crippen LogP contribution < -0.4 is 10.9 Å². The first-order valence-corrected chi connectivity index (χ1v) is 11.0. The molecule has 1 aliphatic carbocycles. The smallest absolute Gasteiger partial charge is 0.267 e. The molecule has 0 bridgehead atoms. The van der Waals surface area contributed by atoms with Gasteiger partial charge in [0.1, 0.15) is 11.6 Å². The van der Waals surface area contributed by atoms with Crippen LogP contribution in [0.3, 0.4) is 0 Å². The number of amides is 1. The first-order valence-electron chi connectivity index (χ1n) is 9.00. The highest BCUT2D eigenvalue weighted by molar-refractivity contribution is 7.98. The second-order valence-corrected chi connectivity index (χ2v) is 8.86. The Labute approximate surface area is 159 Å². The standard InChI is InChI=1S/C17H21N5O2S2/c23-14(9-22-15(24)8-12-10-25-7-6-13(12)21-22)18-17-20-19-16(26-17)11-4-2-1-3-5-11/h8,11H,1-7,9-10H2,(H,18,20,23). The number of fused-ring (bicyclic) bond motifs is 1. The molecule has 7 nitrogen and oxygen atoms in total. The number of hydrogen-bond donors (Lipinski definition) is 1. The fraction of sp³-hybridized carbons (Fsp3) is 0.588. The summed E-state index contributed by atoms with van der Waals surface area (Å²) < 4.78 is 1.24. The minimum atomic E-state index is -0.295. The van der Waals surface area contributed by atoms with Crippen molar-refractivity contribution in [2.75, 3.05) is 11.1 Å². The van der Waals surface area contributed by atoms with E-state index in [1.165, 1.54) is 35.3 Å². The second-order valence-electron chi connectivity index (χ2n) is 6.74. The third kappa shape index (κ3) is 3.98. The molecule has 0 aromatic carbocycles. The average Bonchev–Trinajstić information content (AvgIpc) is 3.11. The quantitative estimate of drug-likeness (QED) is 0.862. The summed E-state index contributed by atoms with van der Waals surface area (Å²) in [4.78, 5) is 24.5. The van der Waals surface area contributed by atoms with Gasteiger partial charge in [-0.3, -0.25) is 14.9 Å². The van der Waals surface area contributed by atoms with Gasteiger partial charge in [-0.25, -0.2) is 4.68 Å². The molecule has 1 amide bonds. The van der Waals surface area contributed by atoms with E-state index >= 15 is 0 Å². The van der Waals surface area contributed by atoms with Crippen LogP contribution in [0.25, 0.3) is 0 Å². The molecule has 9 heteroatoms. The van der Waals surface area contributed by atoms with Crippen LogP contribution in [0.5, 0.6) is 0 Å². The van der Waals surface area contributed by atoms with Crippen LogP contribution in [0.2, 0.25) is 0 Å². The van der Waals surface area contributed by atoms with Crippen LogP contribution >= 0.6 is 23.1 Å². The van der Waals surface area contributed by atoms with Gasteiger partial charge >= 0.3 is 0 Å². The normalized spacial score (nSPS) is 17.7. The molecule has 138 valence electrons. The van der Waals surface area contributed by atoms with Crippen molar-refractivity contribution in [3.05, 3.63) is 32.7 Å². The van der Waals surface area contributed by atoms with Crippen molar-refractivity contribution >= 4 is 34.1 Å². The molecule has 0 saturated heterocycles. The number of aromatic nitrogens is 4. The molecule has 2 aromatic heterocycles. The highest BCUT2D eigenvalue weighted by Crippen LogP contribution is 2.35. The van der Waals surface area contributed by atoms with Gasteiger partial charge in [0.25, 0.3) is 5.56 Å². The summed E-state index contributed by atoms with van der Waals surface area (Å²) in [7, 11) is 0. The molecule has 2 aromatic rings. The molecule has 1 aliphatic heterocycles. The molecule has 2 aliphatic rings. The Bertz CT molecular complexity index is 857. The Morgan fingerprint density at radius 3 is 2.96 bits per heavy atom. The fourth-order valence-corrected chi connectivity index (χ4v) is 5.34. The highest BCUT2D eigenvalue weighted by Gasteiger charge is 2.20. The highest BCUT2D eigenvalue weighted by atomic mass is 32.2. The Morgan fingerprint density at radius 2 is 2.12 bits per heavy atom. The predicted molar refractivity (Wildman–Crippen MR) is 103 cm³/mol. The Kier molecular flexibility index (Phi) is 5.35. The van der Waals surface area contributed by atoms with Gasteiger partial charge < -0.3 is 0 Å². The molecule has 26 heavy (non-hydrogen) atoms. The number of carbonyl (C=O) groups excluding carboxylic acids is 1. The maximum atomic E-state index is 12.3. The summed E-state index contributed by atoms with van der Waals surface area (Å²) in [5, 5.41) is 17.0. The van der Waals surface area contributed by atoms with E-state index in [9.17, 15) is 9.59 Å². The molecule has 0 radical (unpaired) electrons. The van der Waals surface area contributed by atoms with E-state index in [4.69, 9.17) is 0 Å². The van der Waals surface area contributed by atoms with E-state index in [2.05, 4.69) is 20.6 Å². The molecular weight excluding hydrogens is 370 g/mol. The number of carbonyl (C=O) groups is 1. The first kappa shape index (κ1) is 17.7. The lowest BCUT2D eigenvalue weighted by atomic mass is 9.90. The summed E-state index contributed by atoms with van der Waals surface area (Å²) in [5.74, 6) is 1.99. The van der Waals surface area contributed by atoms with E-state index in [1.807, 2.05) is 0 Å². The van der Waals surface area contributed by atoms with Gasteiger partial charge in [-0.1, -0.05) is 30.6 Å². The molecule has 3 heterocycles. The number of thioether (sulfide) groups is 1. The first-order chi connectivity index (χ1) is 12.7. The van der Waals surface area contributed by atoms with Crippen LogP contribution in [-0.4, -0.2) is 31.6 Å². The zero-order chi connectivity index (χ0) is 17.9. The zero-order valence-corrected chi connectivity index (χ0v) is 16.1. The summed E-state index contributed by atoms with van der Waals surface area (Å²) in [6.45, 7) is -0.0996. The van der Waals surface area contributed by atoms with Crippen molar-refractivity contribution < 1.29 is 4.79 Å². The number of nitrogens with zero attached hydrogens (tertiary/aromatic N) is 4. The maximum absolute atomic E-state index is 12.3. The molecule has 0 unspecified atom stereocenters. The van der Waals surface area contributed by atoms with Gasteiger partial charge in [0, 0.05) is 24.2 Å². The van der Waals surface area contributed by atoms with Gasteiger partial charge in [0.05, 0.1) is 5.69 Å². The third-order valence-corrected chi connectivity index (χ3v) is 6.85. The van der Waals surface area contributed by atoms with E-state index in [0.29, 0.717) is 11.0 Å². The average molecular weight is 392 g/mol. The van der Waals surface area contributed by atoms with Crippen LogP contribution in [0, 0.1) is 0 Å². The predicted octanol–water partition coefficient (Wildman–Crippen LogP) is 2.57. The van der Waals surface area contributed by atoms with Crippen molar-refractivity contribution in [3.63, 3.8) is 0 Å². The lowest BCUT2D eigenvalue weighted by Gasteiger charge is -2.18. The van der Waals surface area contributed by atoms with Crippen molar-refractivity contribution in [1.82, 2.24) is 20.0 Å². The van der Waals surface area contributed by atoms with E-state index in [1.54, 1.807) is 17.8 Å². The van der Waals surface area contributed by atoms with Crippen LogP contribution in [0.1, 0.15) is 54.3 Å². The molecule has 1 saturated carbocycles. The van der Waals surface area contributed by atoms with Crippen molar-refractivity contribution in [2.45, 2.75) is 56.7 Å². The van der Waals surface area contributed by atoms with Crippen molar-refractivity contribution in [1.29, 1.82) is 0 Å². The van der Waals surface area contributed by atoms with Gasteiger partial charge in [-0.2, -0.15) is 16.9 Å². The zero-order valence-electron chi connectivity index (χ0n) is 14.4. The van der Waals surface area contributed by atoms with Crippen LogP contribution in [-0.2, 0) is 23.5 Å². The number of anilines is 1. The molecular formula is C17H21N5O2S2. The molecule has 0 atom stereocenters. The molecule has 4 rings (SSSR count). The molecule has 1 N–H and O–H groups in total. The molecule has 0 spiro atoms.